The average Bonchev–Trinajstić information content (AvgIpc) is 2.71. The maximum atomic E-state index is 13.2. The summed E-state index contributed by atoms with van der Waals surface area (Å²) in [5, 5.41) is 0. The van der Waals surface area contributed by atoms with Crippen molar-refractivity contribution in [3.63, 3.8) is 0 Å². The number of hydrogen-bond donors (Lipinski definition) is 0. The van der Waals surface area contributed by atoms with Gasteiger partial charge in [0.25, 0.3) is 0 Å². The van der Waals surface area contributed by atoms with Crippen molar-refractivity contribution in [2.45, 2.75) is 72.2 Å². The third-order valence-electron chi connectivity index (χ3n) is 5.15. The summed E-state index contributed by atoms with van der Waals surface area (Å²) in [6.07, 6.45) is 0.789. The van der Waals surface area contributed by atoms with Crippen molar-refractivity contribution in [1.82, 2.24) is 4.90 Å². The molecule has 0 saturated carbocycles. The third kappa shape index (κ3) is 7.75. The number of carbonyl (C=O) groups is 2. The molecule has 4 nitrogen and oxygen atoms in total. The van der Waals surface area contributed by atoms with Gasteiger partial charge in [-0.15, -0.1) is 0 Å². The molecule has 2 atom stereocenters. The molecule has 162 valence electrons. The highest BCUT2D eigenvalue weighted by Crippen LogP contribution is 2.20. The number of ketones is 1. The number of nitrogens with zero attached hydrogens (tertiary/aromatic N) is 1. The van der Waals surface area contributed by atoms with Crippen molar-refractivity contribution in [2.75, 3.05) is 0 Å². The SMILES string of the molecule is CCC(CC(=O)[C@H](C)N(Cc1ccccc1)Cc1ccccc1)C(=O)OC(C)(C)C. The fraction of sp³-hybridized carbons (Fsp3) is 0.462. The lowest BCUT2D eigenvalue weighted by Crippen LogP contribution is -2.40. The molecule has 0 fully saturated rings. The first-order valence-corrected chi connectivity index (χ1v) is 10.8. The van der Waals surface area contributed by atoms with Crippen LogP contribution in [0.2, 0.25) is 0 Å². The fourth-order valence-electron chi connectivity index (χ4n) is 3.36. The molecule has 0 saturated heterocycles. The molecule has 2 aromatic carbocycles. The third-order valence-corrected chi connectivity index (χ3v) is 5.15. The molecule has 30 heavy (non-hydrogen) atoms. The number of rotatable bonds is 10. The van der Waals surface area contributed by atoms with Gasteiger partial charge in [0.2, 0.25) is 0 Å². The topological polar surface area (TPSA) is 46.6 Å². The Kier molecular flexibility index (Phi) is 8.79. The van der Waals surface area contributed by atoms with Crippen LogP contribution >= 0.6 is 0 Å². The van der Waals surface area contributed by atoms with E-state index in [0.717, 1.165) is 11.1 Å². The summed E-state index contributed by atoms with van der Waals surface area (Å²) < 4.78 is 5.52. The summed E-state index contributed by atoms with van der Waals surface area (Å²) in [4.78, 5) is 27.8. The van der Waals surface area contributed by atoms with E-state index in [2.05, 4.69) is 29.2 Å². The Morgan fingerprint density at radius 1 is 0.900 bits per heavy atom. The van der Waals surface area contributed by atoms with E-state index in [1.807, 2.05) is 71.0 Å². The molecule has 1 unspecified atom stereocenters. The molecule has 0 spiro atoms. The van der Waals surface area contributed by atoms with E-state index in [-0.39, 0.29) is 24.2 Å². The molecule has 4 heteroatoms. The van der Waals surface area contributed by atoms with Gasteiger partial charge in [-0.1, -0.05) is 67.6 Å². The molecular formula is C26H35NO3. The minimum absolute atomic E-state index is 0.0690. The van der Waals surface area contributed by atoms with Gasteiger partial charge in [0, 0.05) is 19.5 Å². The second-order valence-electron chi connectivity index (χ2n) is 8.86. The van der Waals surface area contributed by atoms with Crippen LogP contribution in [0, 0.1) is 5.92 Å². The van der Waals surface area contributed by atoms with Crippen LogP contribution in [0.4, 0.5) is 0 Å². The lowest BCUT2D eigenvalue weighted by atomic mass is 9.95. The van der Waals surface area contributed by atoms with Crippen molar-refractivity contribution in [3.05, 3.63) is 71.8 Å². The van der Waals surface area contributed by atoms with E-state index in [1.54, 1.807) is 0 Å². The summed E-state index contributed by atoms with van der Waals surface area (Å²) in [5.74, 6) is -0.628. The summed E-state index contributed by atoms with van der Waals surface area (Å²) >= 11 is 0. The standard InChI is InChI=1S/C26H35NO3/c1-6-23(25(29)30-26(3,4)5)17-24(28)20(2)27(18-21-13-9-7-10-14-21)19-22-15-11-8-12-16-22/h7-16,20,23H,6,17-19H2,1-5H3/t20-,23?/m0/s1. The van der Waals surface area contributed by atoms with E-state index < -0.39 is 11.5 Å². The molecule has 0 amide bonds. The molecule has 2 rings (SSSR count). The Labute approximate surface area is 181 Å². The number of esters is 1. The van der Waals surface area contributed by atoms with Crippen LogP contribution in [0.25, 0.3) is 0 Å². The molecule has 0 aliphatic rings. The Bertz CT molecular complexity index is 755. The van der Waals surface area contributed by atoms with Gasteiger partial charge in [-0.25, -0.2) is 0 Å². The van der Waals surface area contributed by atoms with Crippen LogP contribution in [0.5, 0.6) is 0 Å². The average molecular weight is 410 g/mol. The van der Waals surface area contributed by atoms with Gasteiger partial charge in [0.15, 0.2) is 5.78 Å². The summed E-state index contributed by atoms with van der Waals surface area (Å²) in [6.45, 7) is 10.8. The minimum Gasteiger partial charge on any atom is -0.460 e. The van der Waals surface area contributed by atoms with Crippen molar-refractivity contribution in [3.8, 4) is 0 Å². The zero-order chi connectivity index (χ0) is 22.1. The van der Waals surface area contributed by atoms with E-state index in [0.29, 0.717) is 19.5 Å². The molecular weight excluding hydrogens is 374 g/mol. The highest BCUT2D eigenvalue weighted by atomic mass is 16.6. The van der Waals surface area contributed by atoms with Gasteiger partial charge >= 0.3 is 5.97 Å². The predicted octanol–water partition coefficient (Wildman–Crippen LogP) is 5.40. The molecule has 2 aromatic rings. The quantitative estimate of drug-likeness (QED) is 0.493. The predicted molar refractivity (Wildman–Crippen MR) is 121 cm³/mol. The van der Waals surface area contributed by atoms with E-state index in [4.69, 9.17) is 4.74 Å². The highest BCUT2D eigenvalue weighted by molar-refractivity contribution is 5.88. The molecule has 0 bridgehead atoms. The second-order valence-corrected chi connectivity index (χ2v) is 8.86. The summed E-state index contributed by atoms with van der Waals surface area (Å²) in [7, 11) is 0. The van der Waals surface area contributed by atoms with Crippen molar-refractivity contribution >= 4 is 11.8 Å². The maximum Gasteiger partial charge on any atom is 0.309 e. The van der Waals surface area contributed by atoms with Gasteiger partial charge in [-0.05, 0) is 45.2 Å². The first kappa shape index (κ1) is 23.8. The van der Waals surface area contributed by atoms with Crippen molar-refractivity contribution in [1.29, 1.82) is 0 Å². The molecule has 0 aliphatic heterocycles. The maximum absolute atomic E-state index is 13.2. The normalized spacial score (nSPS) is 13.7. The Hall–Kier alpha value is -2.46. The Morgan fingerprint density at radius 3 is 1.77 bits per heavy atom. The van der Waals surface area contributed by atoms with E-state index in [1.165, 1.54) is 0 Å². The van der Waals surface area contributed by atoms with E-state index >= 15 is 0 Å². The van der Waals surface area contributed by atoms with Crippen LogP contribution in [-0.4, -0.2) is 28.3 Å². The molecule has 0 aromatic heterocycles. The van der Waals surface area contributed by atoms with Gasteiger partial charge in [-0.3, -0.25) is 14.5 Å². The first-order valence-electron chi connectivity index (χ1n) is 10.8. The minimum atomic E-state index is -0.550. The lowest BCUT2D eigenvalue weighted by Gasteiger charge is -2.30. The first-order chi connectivity index (χ1) is 14.2. The smallest absolute Gasteiger partial charge is 0.309 e. The number of carbonyl (C=O) groups excluding carboxylic acids is 2. The fourth-order valence-corrected chi connectivity index (χ4v) is 3.36. The molecule has 0 N–H and O–H groups in total. The van der Waals surface area contributed by atoms with Gasteiger partial charge in [-0.2, -0.15) is 0 Å². The summed E-state index contributed by atoms with van der Waals surface area (Å²) in [5.41, 5.74) is 1.77. The highest BCUT2D eigenvalue weighted by Gasteiger charge is 2.29. The van der Waals surface area contributed by atoms with E-state index in [9.17, 15) is 9.59 Å². The van der Waals surface area contributed by atoms with Crippen LogP contribution in [0.1, 0.15) is 58.6 Å². The van der Waals surface area contributed by atoms with Crippen molar-refractivity contribution < 1.29 is 14.3 Å². The van der Waals surface area contributed by atoms with Crippen molar-refractivity contribution in [2.24, 2.45) is 5.92 Å². The second kappa shape index (κ2) is 11.1. The zero-order valence-corrected chi connectivity index (χ0v) is 18.9. The number of benzene rings is 2. The summed E-state index contributed by atoms with van der Waals surface area (Å²) in [6, 6.07) is 20.0. The number of Topliss-reactive ketones (excluding diaryl/α,β-unsaturated/α-hetero) is 1. The van der Waals surface area contributed by atoms with Crippen LogP contribution < -0.4 is 0 Å². The van der Waals surface area contributed by atoms with Crippen LogP contribution in [0.15, 0.2) is 60.7 Å². The molecule has 0 aliphatic carbocycles. The van der Waals surface area contributed by atoms with Gasteiger partial charge < -0.3 is 4.74 Å². The Morgan fingerprint density at radius 2 is 1.37 bits per heavy atom. The van der Waals surface area contributed by atoms with Gasteiger partial charge in [0.1, 0.15) is 5.60 Å². The molecule has 0 radical (unpaired) electrons. The van der Waals surface area contributed by atoms with Gasteiger partial charge in [0.05, 0.1) is 12.0 Å². The largest absolute Gasteiger partial charge is 0.460 e. The lowest BCUT2D eigenvalue weighted by molar-refractivity contribution is -0.161. The zero-order valence-electron chi connectivity index (χ0n) is 18.9. The molecule has 0 heterocycles. The monoisotopic (exact) mass is 409 g/mol. The van der Waals surface area contributed by atoms with Crippen LogP contribution in [0.3, 0.4) is 0 Å². The Balaban J connectivity index is 2.13. The number of ether oxygens (including phenoxy) is 1. The number of hydrogen-bond acceptors (Lipinski definition) is 4. The van der Waals surface area contributed by atoms with Crippen LogP contribution in [-0.2, 0) is 27.4 Å².